The van der Waals surface area contributed by atoms with E-state index >= 15 is 0 Å². The van der Waals surface area contributed by atoms with E-state index < -0.39 is 11.4 Å². The average Bonchev–Trinajstić information content (AvgIpc) is 2.45. The SMILES string of the molecule is CCC(C#N)(/C(C#N)=C(/O)OC)c1ccccc1. The third kappa shape index (κ3) is 2.14. The van der Waals surface area contributed by atoms with Crippen molar-refractivity contribution in [2.24, 2.45) is 0 Å². The lowest BCUT2D eigenvalue weighted by Gasteiger charge is -2.24. The molecule has 0 aliphatic heterocycles. The molecule has 4 nitrogen and oxygen atoms in total. The molecule has 1 rings (SSSR count). The molecule has 1 N–H and O–H groups in total. The van der Waals surface area contributed by atoms with Crippen LogP contribution in [0.15, 0.2) is 41.9 Å². The van der Waals surface area contributed by atoms with Gasteiger partial charge in [0.05, 0.1) is 13.2 Å². The summed E-state index contributed by atoms with van der Waals surface area (Å²) in [6, 6.07) is 12.9. The van der Waals surface area contributed by atoms with Crippen LogP contribution >= 0.6 is 0 Å². The average molecular weight is 242 g/mol. The number of allylic oxidation sites excluding steroid dienone is 1. The second-order valence-electron chi connectivity index (χ2n) is 3.73. The Balaban J connectivity index is 3.53. The topological polar surface area (TPSA) is 77.0 Å². The zero-order valence-corrected chi connectivity index (χ0v) is 10.3. The molecule has 0 aliphatic rings. The maximum atomic E-state index is 9.66. The van der Waals surface area contributed by atoms with Gasteiger partial charge in [-0.3, -0.25) is 0 Å². The predicted octanol–water partition coefficient (Wildman–Crippen LogP) is 2.80. The Morgan fingerprint density at radius 1 is 1.33 bits per heavy atom. The van der Waals surface area contributed by atoms with Crippen LogP contribution < -0.4 is 0 Å². The van der Waals surface area contributed by atoms with Crippen molar-refractivity contribution in [2.75, 3.05) is 7.11 Å². The predicted molar refractivity (Wildman–Crippen MR) is 66.3 cm³/mol. The van der Waals surface area contributed by atoms with Crippen LogP contribution in [0.2, 0.25) is 0 Å². The lowest BCUT2D eigenvalue weighted by atomic mass is 9.74. The van der Waals surface area contributed by atoms with Crippen LogP contribution in [-0.2, 0) is 10.2 Å². The van der Waals surface area contributed by atoms with Gasteiger partial charge in [-0.05, 0) is 12.0 Å². The Bertz CT molecular complexity index is 523. The number of hydrogen-bond donors (Lipinski definition) is 1. The highest BCUT2D eigenvalue weighted by atomic mass is 16.6. The molecular weight excluding hydrogens is 228 g/mol. The number of methoxy groups -OCH3 is 1. The van der Waals surface area contributed by atoms with Crippen LogP contribution in [-0.4, -0.2) is 12.2 Å². The molecule has 18 heavy (non-hydrogen) atoms. The van der Waals surface area contributed by atoms with E-state index in [1.807, 2.05) is 12.1 Å². The summed E-state index contributed by atoms with van der Waals surface area (Å²) in [6.45, 7) is 1.79. The molecule has 92 valence electrons. The number of benzene rings is 1. The molecule has 0 fully saturated rings. The Morgan fingerprint density at radius 3 is 2.33 bits per heavy atom. The molecule has 0 bridgehead atoms. The highest BCUT2D eigenvalue weighted by molar-refractivity contribution is 5.49. The molecule has 0 saturated carbocycles. The number of aliphatic hydroxyl groups excluding tert-OH is 1. The molecular formula is C14H14N2O2. The van der Waals surface area contributed by atoms with Crippen molar-refractivity contribution in [3.05, 3.63) is 47.4 Å². The molecule has 0 radical (unpaired) electrons. The van der Waals surface area contributed by atoms with Crippen molar-refractivity contribution < 1.29 is 9.84 Å². The molecule has 0 heterocycles. The molecule has 0 saturated heterocycles. The van der Waals surface area contributed by atoms with Crippen molar-refractivity contribution in [3.63, 3.8) is 0 Å². The summed E-state index contributed by atoms with van der Waals surface area (Å²) < 4.78 is 4.70. The molecule has 1 atom stereocenters. The normalized spacial score (nSPS) is 14.7. The minimum atomic E-state index is -1.18. The van der Waals surface area contributed by atoms with E-state index in [9.17, 15) is 15.6 Å². The first kappa shape index (κ1) is 13.6. The molecule has 0 spiro atoms. The molecule has 0 aliphatic carbocycles. The molecule has 1 aromatic carbocycles. The molecule has 1 unspecified atom stereocenters. The van der Waals surface area contributed by atoms with Crippen LogP contribution in [0, 0.1) is 22.7 Å². The van der Waals surface area contributed by atoms with Gasteiger partial charge < -0.3 is 9.84 Å². The maximum absolute atomic E-state index is 9.66. The molecule has 0 amide bonds. The third-order valence-electron chi connectivity index (χ3n) is 2.93. The lowest BCUT2D eigenvalue weighted by molar-refractivity contribution is 0.129. The smallest absolute Gasteiger partial charge is 0.292 e. The highest BCUT2D eigenvalue weighted by Gasteiger charge is 2.38. The zero-order valence-electron chi connectivity index (χ0n) is 10.3. The molecule has 4 heteroatoms. The van der Waals surface area contributed by atoms with E-state index in [1.165, 1.54) is 7.11 Å². The minimum absolute atomic E-state index is 0.0683. The summed E-state index contributed by atoms with van der Waals surface area (Å²) in [4.78, 5) is 0. The summed E-state index contributed by atoms with van der Waals surface area (Å²) >= 11 is 0. The maximum Gasteiger partial charge on any atom is 0.292 e. The highest BCUT2D eigenvalue weighted by Crippen LogP contribution is 2.36. The van der Waals surface area contributed by atoms with Crippen LogP contribution in [0.3, 0.4) is 0 Å². The first-order valence-electron chi connectivity index (χ1n) is 5.50. The fourth-order valence-corrected chi connectivity index (χ4v) is 1.88. The van der Waals surface area contributed by atoms with Gasteiger partial charge >= 0.3 is 0 Å². The Kier molecular flexibility index (Phi) is 4.34. The first-order valence-corrected chi connectivity index (χ1v) is 5.50. The first-order chi connectivity index (χ1) is 8.66. The largest absolute Gasteiger partial charge is 0.480 e. The van der Waals surface area contributed by atoms with Crippen molar-refractivity contribution in [2.45, 2.75) is 18.8 Å². The van der Waals surface area contributed by atoms with Gasteiger partial charge in [-0.1, -0.05) is 37.3 Å². The summed E-state index contributed by atoms with van der Waals surface area (Å²) in [6.07, 6.45) is 0.365. The zero-order chi connectivity index (χ0) is 13.6. The number of rotatable bonds is 4. The van der Waals surface area contributed by atoms with E-state index in [2.05, 4.69) is 6.07 Å². The van der Waals surface area contributed by atoms with Gasteiger partial charge in [-0.25, -0.2) is 0 Å². The van der Waals surface area contributed by atoms with Crippen LogP contribution in [0.5, 0.6) is 0 Å². The van der Waals surface area contributed by atoms with Crippen molar-refractivity contribution >= 4 is 0 Å². The van der Waals surface area contributed by atoms with Gasteiger partial charge in [0.15, 0.2) is 0 Å². The van der Waals surface area contributed by atoms with E-state index in [0.29, 0.717) is 12.0 Å². The van der Waals surface area contributed by atoms with Crippen molar-refractivity contribution in [1.82, 2.24) is 0 Å². The number of aliphatic hydroxyl groups is 1. The van der Waals surface area contributed by atoms with Crippen molar-refractivity contribution in [3.8, 4) is 12.1 Å². The quantitative estimate of drug-likeness (QED) is 0.650. The van der Waals surface area contributed by atoms with Gasteiger partial charge in [0, 0.05) is 0 Å². The summed E-state index contributed by atoms with van der Waals surface area (Å²) in [5, 5.41) is 28.3. The second kappa shape index (κ2) is 5.75. The van der Waals surface area contributed by atoms with E-state index in [1.54, 1.807) is 31.2 Å². The van der Waals surface area contributed by atoms with E-state index in [-0.39, 0.29) is 5.57 Å². The third-order valence-corrected chi connectivity index (χ3v) is 2.93. The standard InChI is InChI=1S/C14H14N2O2/c1-3-14(10-16,11-7-5-4-6-8-11)12(9-15)13(17)18-2/h4-8,17H,3H2,1-2H3/b13-12-. The summed E-state index contributed by atoms with van der Waals surface area (Å²) in [7, 11) is 1.26. The van der Waals surface area contributed by atoms with Crippen LogP contribution in [0.25, 0.3) is 0 Å². The summed E-state index contributed by atoms with van der Waals surface area (Å²) in [5.41, 5.74) is -0.591. The lowest BCUT2D eigenvalue weighted by Crippen LogP contribution is -2.27. The molecule has 0 aromatic heterocycles. The number of ether oxygens (including phenoxy) is 1. The monoisotopic (exact) mass is 242 g/mol. The minimum Gasteiger partial charge on any atom is -0.480 e. The fraction of sp³-hybridized carbons (Fsp3) is 0.286. The van der Waals surface area contributed by atoms with Gasteiger partial charge in [-0.2, -0.15) is 10.5 Å². The fourth-order valence-electron chi connectivity index (χ4n) is 1.88. The number of hydrogen-bond acceptors (Lipinski definition) is 4. The van der Waals surface area contributed by atoms with Gasteiger partial charge in [0.25, 0.3) is 5.95 Å². The molecule has 1 aromatic rings. The summed E-state index contributed by atoms with van der Waals surface area (Å²) in [5.74, 6) is -0.509. The number of nitrogens with zero attached hydrogens (tertiary/aromatic N) is 2. The Hall–Kier alpha value is -2.46. The van der Waals surface area contributed by atoms with Crippen molar-refractivity contribution in [1.29, 1.82) is 10.5 Å². The van der Waals surface area contributed by atoms with E-state index in [4.69, 9.17) is 4.74 Å². The number of nitriles is 2. The second-order valence-corrected chi connectivity index (χ2v) is 3.73. The van der Waals surface area contributed by atoms with Gasteiger partial charge in [0.2, 0.25) is 0 Å². The Labute approximate surface area is 106 Å². The van der Waals surface area contributed by atoms with Gasteiger partial charge in [-0.15, -0.1) is 0 Å². The van der Waals surface area contributed by atoms with Crippen LogP contribution in [0.1, 0.15) is 18.9 Å². The van der Waals surface area contributed by atoms with E-state index in [0.717, 1.165) is 0 Å². The van der Waals surface area contributed by atoms with Gasteiger partial charge in [0.1, 0.15) is 17.1 Å². The Morgan fingerprint density at radius 2 is 1.94 bits per heavy atom. The van der Waals surface area contributed by atoms with Crippen LogP contribution in [0.4, 0.5) is 0 Å².